The van der Waals surface area contributed by atoms with E-state index in [4.69, 9.17) is 25.6 Å². The monoisotopic (exact) mass is 434 g/mol. The molecule has 1 aliphatic rings. The lowest BCUT2D eigenvalue weighted by molar-refractivity contribution is 0.0950. The average Bonchev–Trinajstić information content (AvgIpc) is 3.30. The van der Waals surface area contributed by atoms with Crippen LogP contribution in [-0.4, -0.2) is 17.9 Å². The minimum Gasteiger partial charge on any atom is -0.454 e. The van der Waals surface area contributed by atoms with Crippen LogP contribution >= 0.6 is 27.5 Å². The van der Waals surface area contributed by atoms with Gasteiger partial charge in [-0.1, -0.05) is 32.7 Å². The fourth-order valence-corrected chi connectivity index (χ4v) is 3.08. The van der Waals surface area contributed by atoms with Crippen molar-refractivity contribution in [2.45, 2.75) is 6.54 Å². The Labute approximate surface area is 162 Å². The van der Waals surface area contributed by atoms with Crippen LogP contribution in [0.2, 0.25) is 5.02 Å². The number of nitrogens with zero attached hydrogens (tertiary/aromatic N) is 1. The first kappa shape index (κ1) is 16.9. The second-order valence-corrected chi connectivity index (χ2v) is 6.88. The van der Waals surface area contributed by atoms with E-state index in [0.29, 0.717) is 33.5 Å². The summed E-state index contributed by atoms with van der Waals surface area (Å²) in [5.74, 6) is 1.65. The first-order valence-corrected chi connectivity index (χ1v) is 8.86. The zero-order valence-electron chi connectivity index (χ0n) is 13.3. The predicted octanol–water partition coefficient (Wildman–Crippen LogP) is 4.42. The van der Waals surface area contributed by atoms with Gasteiger partial charge in [0.15, 0.2) is 17.3 Å². The molecule has 1 aromatic heterocycles. The highest BCUT2D eigenvalue weighted by Gasteiger charge is 2.16. The number of aromatic nitrogens is 1. The van der Waals surface area contributed by atoms with Crippen molar-refractivity contribution in [1.29, 1.82) is 0 Å². The van der Waals surface area contributed by atoms with E-state index >= 15 is 0 Å². The van der Waals surface area contributed by atoms with Gasteiger partial charge in [0.05, 0.1) is 17.1 Å². The molecule has 4 rings (SSSR count). The molecule has 3 aromatic rings. The van der Waals surface area contributed by atoms with Gasteiger partial charge in [0, 0.05) is 16.1 Å². The van der Waals surface area contributed by atoms with Gasteiger partial charge in [0.2, 0.25) is 6.79 Å². The maximum absolute atomic E-state index is 12.3. The van der Waals surface area contributed by atoms with Gasteiger partial charge < -0.3 is 19.3 Å². The second-order valence-electron chi connectivity index (χ2n) is 5.56. The number of benzene rings is 2. The summed E-state index contributed by atoms with van der Waals surface area (Å²) >= 11 is 9.39. The topological polar surface area (TPSA) is 73.6 Å². The molecule has 0 bridgehead atoms. The van der Waals surface area contributed by atoms with Gasteiger partial charge in [0.25, 0.3) is 5.91 Å². The van der Waals surface area contributed by atoms with Crippen molar-refractivity contribution in [2.75, 3.05) is 6.79 Å². The Morgan fingerprint density at radius 2 is 2.00 bits per heavy atom. The maximum atomic E-state index is 12.3. The lowest BCUT2D eigenvalue weighted by Gasteiger charge is -2.05. The lowest BCUT2D eigenvalue weighted by atomic mass is 10.1. The third-order valence-electron chi connectivity index (χ3n) is 3.82. The normalized spacial score (nSPS) is 12.2. The van der Waals surface area contributed by atoms with Crippen LogP contribution in [0.5, 0.6) is 11.5 Å². The Morgan fingerprint density at radius 3 is 2.88 bits per heavy atom. The van der Waals surface area contributed by atoms with E-state index in [9.17, 15) is 4.79 Å². The highest BCUT2D eigenvalue weighted by molar-refractivity contribution is 9.10. The van der Waals surface area contributed by atoms with E-state index in [2.05, 4.69) is 26.4 Å². The van der Waals surface area contributed by atoms with Gasteiger partial charge in [-0.15, -0.1) is 0 Å². The van der Waals surface area contributed by atoms with Crippen molar-refractivity contribution >= 4 is 33.4 Å². The maximum Gasteiger partial charge on any atom is 0.253 e. The van der Waals surface area contributed by atoms with Crippen LogP contribution in [0.4, 0.5) is 0 Å². The van der Waals surface area contributed by atoms with E-state index in [-0.39, 0.29) is 19.2 Å². The van der Waals surface area contributed by atoms with Crippen LogP contribution in [0.3, 0.4) is 0 Å². The Kier molecular flexibility index (Phi) is 4.57. The molecule has 2 aromatic carbocycles. The smallest absolute Gasteiger partial charge is 0.253 e. The Bertz CT molecular complexity index is 989. The van der Waals surface area contributed by atoms with E-state index in [0.717, 1.165) is 10.0 Å². The summed E-state index contributed by atoms with van der Waals surface area (Å²) in [6.07, 6.45) is 0. The van der Waals surface area contributed by atoms with Crippen molar-refractivity contribution in [3.05, 3.63) is 63.2 Å². The summed E-state index contributed by atoms with van der Waals surface area (Å²) in [6.45, 7) is 0.431. The van der Waals surface area contributed by atoms with Gasteiger partial charge in [-0.3, -0.25) is 4.79 Å². The van der Waals surface area contributed by atoms with Crippen LogP contribution in [-0.2, 0) is 6.54 Å². The number of carbonyl (C=O) groups is 1. The Balaban J connectivity index is 1.45. The summed E-state index contributed by atoms with van der Waals surface area (Å²) in [6, 6.07) is 12.4. The number of hydrogen-bond acceptors (Lipinski definition) is 5. The van der Waals surface area contributed by atoms with Crippen LogP contribution in [0, 0.1) is 0 Å². The van der Waals surface area contributed by atoms with E-state index < -0.39 is 0 Å². The number of carbonyl (C=O) groups excluding carboxylic acids is 1. The van der Waals surface area contributed by atoms with Crippen molar-refractivity contribution < 1.29 is 18.8 Å². The van der Waals surface area contributed by atoms with E-state index in [1.54, 1.807) is 24.3 Å². The minimum atomic E-state index is -0.288. The van der Waals surface area contributed by atoms with Gasteiger partial charge in [-0.2, -0.15) is 0 Å². The molecule has 6 nitrogen and oxygen atoms in total. The quantitative estimate of drug-likeness (QED) is 0.657. The van der Waals surface area contributed by atoms with Crippen molar-refractivity contribution in [3.8, 4) is 22.8 Å². The molecule has 132 valence electrons. The van der Waals surface area contributed by atoms with Gasteiger partial charge in [-0.05, 0) is 36.4 Å². The Morgan fingerprint density at radius 1 is 1.15 bits per heavy atom. The molecule has 0 spiro atoms. The lowest BCUT2D eigenvalue weighted by Crippen LogP contribution is -2.23. The third-order valence-corrected chi connectivity index (χ3v) is 4.64. The number of nitrogens with one attached hydrogen (secondary N) is 1. The molecule has 0 saturated carbocycles. The van der Waals surface area contributed by atoms with Crippen molar-refractivity contribution in [3.63, 3.8) is 0 Å². The molecule has 0 radical (unpaired) electrons. The average molecular weight is 436 g/mol. The molecule has 0 unspecified atom stereocenters. The zero-order valence-corrected chi connectivity index (χ0v) is 15.6. The number of rotatable bonds is 4. The van der Waals surface area contributed by atoms with E-state index in [1.807, 2.05) is 18.2 Å². The first-order chi connectivity index (χ1) is 12.6. The molecule has 1 amide bonds. The molecule has 0 saturated heterocycles. The van der Waals surface area contributed by atoms with Crippen LogP contribution in [0.1, 0.15) is 16.1 Å². The number of ether oxygens (including phenoxy) is 2. The molecule has 2 heterocycles. The highest BCUT2D eigenvalue weighted by atomic mass is 79.9. The summed E-state index contributed by atoms with van der Waals surface area (Å²) < 4.78 is 16.8. The van der Waals surface area contributed by atoms with Gasteiger partial charge >= 0.3 is 0 Å². The highest BCUT2D eigenvalue weighted by Crippen LogP contribution is 2.36. The molecule has 0 aliphatic carbocycles. The Hall–Kier alpha value is -2.51. The summed E-state index contributed by atoms with van der Waals surface area (Å²) in [4.78, 5) is 12.3. The first-order valence-electron chi connectivity index (χ1n) is 7.69. The fourth-order valence-electron chi connectivity index (χ4n) is 2.52. The molecule has 1 N–H and O–H groups in total. The molecule has 0 atom stereocenters. The van der Waals surface area contributed by atoms with Crippen molar-refractivity contribution in [1.82, 2.24) is 10.5 Å². The molecular formula is C18H12BrClN2O4. The SMILES string of the molecule is O=C(NCc1cc(-c2ccc3c(c2)OCO3)on1)c1cc(Br)ccc1Cl. The van der Waals surface area contributed by atoms with Crippen LogP contribution in [0.15, 0.2) is 51.5 Å². The zero-order chi connectivity index (χ0) is 18.1. The number of hydrogen-bond donors (Lipinski definition) is 1. The molecule has 8 heteroatoms. The second kappa shape index (κ2) is 7.01. The van der Waals surface area contributed by atoms with Gasteiger partial charge in [0.1, 0.15) is 5.69 Å². The fraction of sp³-hybridized carbons (Fsp3) is 0.111. The standard InChI is InChI=1S/C18H12BrClN2O4/c19-11-2-3-14(20)13(6-11)18(23)21-8-12-7-16(26-22-12)10-1-4-15-17(5-10)25-9-24-15/h1-7H,8-9H2,(H,21,23). The summed E-state index contributed by atoms with van der Waals surface area (Å²) in [5.41, 5.74) is 1.80. The van der Waals surface area contributed by atoms with E-state index in [1.165, 1.54) is 0 Å². The van der Waals surface area contributed by atoms with Crippen molar-refractivity contribution in [2.24, 2.45) is 0 Å². The number of halogens is 2. The largest absolute Gasteiger partial charge is 0.454 e. The predicted molar refractivity (Wildman–Crippen MR) is 98.4 cm³/mol. The number of fused-ring (bicyclic) bond motifs is 1. The van der Waals surface area contributed by atoms with Crippen LogP contribution < -0.4 is 14.8 Å². The molecule has 26 heavy (non-hydrogen) atoms. The summed E-state index contributed by atoms with van der Waals surface area (Å²) in [5, 5.41) is 7.15. The summed E-state index contributed by atoms with van der Waals surface area (Å²) in [7, 11) is 0. The molecular weight excluding hydrogens is 424 g/mol. The van der Waals surface area contributed by atoms with Gasteiger partial charge in [-0.25, -0.2) is 0 Å². The molecule has 0 fully saturated rings. The number of amides is 1. The minimum absolute atomic E-state index is 0.213. The third kappa shape index (κ3) is 3.40. The molecule has 1 aliphatic heterocycles. The van der Waals surface area contributed by atoms with Crippen LogP contribution in [0.25, 0.3) is 11.3 Å².